The smallest absolute Gasteiger partial charge is 0.229 e. The van der Waals surface area contributed by atoms with Crippen LogP contribution in [0.3, 0.4) is 0 Å². The van der Waals surface area contributed by atoms with Gasteiger partial charge in [-0.25, -0.2) is 18.1 Å². The van der Waals surface area contributed by atoms with Gasteiger partial charge in [0.05, 0.1) is 5.69 Å². The van der Waals surface area contributed by atoms with E-state index in [0.717, 1.165) is 29.9 Å². The highest BCUT2D eigenvalue weighted by Gasteiger charge is 2.32. The molecule has 0 spiro atoms. The van der Waals surface area contributed by atoms with Crippen LogP contribution in [0.5, 0.6) is 0 Å². The van der Waals surface area contributed by atoms with E-state index >= 15 is 0 Å². The summed E-state index contributed by atoms with van der Waals surface area (Å²) in [4.78, 5) is 3.93. The first-order valence-electron chi connectivity index (χ1n) is 5.59. The summed E-state index contributed by atoms with van der Waals surface area (Å²) in [7, 11) is -3.49. The molecule has 0 radical (unpaired) electrons. The first-order chi connectivity index (χ1) is 8.32. The van der Waals surface area contributed by atoms with E-state index in [-0.39, 0.29) is 13.4 Å². The van der Waals surface area contributed by atoms with Gasteiger partial charge in [-0.1, -0.05) is 22.9 Å². The average molecular weight is 327 g/mol. The minimum Gasteiger partial charge on any atom is -0.229 e. The number of sulfonamides is 1. The summed E-state index contributed by atoms with van der Waals surface area (Å²) in [6.45, 7) is 4.21. The van der Waals surface area contributed by atoms with Crippen molar-refractivity contribution in [3.05, 3.63) is 10.2 Å². The highest BCUT2D eigenvalue weighted by molar-refractivity contribution is 8.01. The molecule has 2 rings (SSSR count). The zero-order valence-electron chi connectivity index (χ0n) is 10.2. The van der Waals surface area contributed by atoms with Crippen LogP contribution in [-0.2, 0) is 10.0 Å². The van der Waals surface area contributed by atoms with Gasteiger partial charge < -0.3 is 0 Å². The molecule has 1 atom stereocenters. The van der Waals surface area contributed by atoms with Gasteiger partial charge in [-0.05, 0) is 32.4 Å². The van der Waals surface area contributed by atoms with Crippen LogP contribution in [0.15, 0.2) is 4.21 Å². The van der Waals surface area contributed by atoms with Gasteiger partial charge in [0.2, 0.25) is 0 Å². The van der Waals surface area contributed by atoms with Crippen LogP contribution in [0.1, 0.15) is 25.5 Å². The van der Waals surface area contributed by atoms with Crippen LogP contribution in [0.2, 0.25) is 4.47 Å². The normalized spacial score (nSPS) is 24.6. The van der Waals surface area contributed by atoms with E-state index in [1.807, 2.05) is 11.8 Å². The van der Waals surface area contributed by atoms with Crippen LogP contribution in [0, 0.1) is 6.92 Å². The quantitative estimate of drug-likeness (QED) is 0.924. The molecule has 1 aliphatic heterocycles. The van der Waals surface area contributed by atoms with Crippen molar-refractivity contribution in [3.8, 4) is 0 Å². The molecule has 0 saturated carbocycles. The molecule has 8 heteroatoms. The van der Waals surface area contributed by atoms with Crippen LogP contribution in [-0.4, -0.2) is 30.4 Å². The largest absolute Gasteiger partial charge is 0.252 e. The highest BCUT2D eigenvalue weighted by Crippen LogP contribution is 2.37. The van der Waals surface area contributed by atoms with Crippen molar-refractivity contribution >= 4 is 44.7 Å². The second-order valence-corrected chi connectivity index (χ2v) is 9.79. The van der Waals surface area contributed by atoms with Crippen LogP contribution >= 0.6 is 34.7 Å². The molecular formula is C10H15ClN2O2S3. The zero-order chi connectivity index (χ0) is 13.4. The Hall–Kier alpha value is 0.180. The van der Waals surface area contributed by atoms with Crippen LogP contribution in [0.4, 0.5) is 0 Å². The van der Waals surface area contributed by atoms with Gasteiger partial charge in [-0.2, -0.15) is 11.8 Å². The molecular weight excluding hydrogens is 312 g/mol. The molecule has 1 N–H and O–H groups in total. The zero-order valence-corrected chi connectivity index (χ0v) is 13.4. The predicted octanol–water partition coefficient (Wildman–Crippen LogP) is 2.67. The van der Waals surface area contributed by atoms with Crippen molar-refractivity contribution in [2.75, 3.05) is 12.3 Å². The van der Waals surface area contributed by atoms with Gasteiger partial charge in [0, 0.05) is 11.3 Å². The van der Waals surface area contributed by atoms with Crippen molar-refractivity contribution in [2.24, 2.45) is 0 Å². The summed E-state index contributed by atoms with van der Waals surface area (Å²) < 4.78 is 27.5. The van der Waals surface area contributed by atoms with Crippen molar-refractivity contribution in [3.63, 3.8) is 0 Å². The van der Waals surface area contributed by atoms with Gasteiger partial charge in [0.15, 0.2) is 8.68 Å². The van der Waals surface area contributed by atoms with Gasteiger partial charge in [-0.15, -0.1) is 0 Å². The topological polar surface area (TPSA) is 59.1 Å². The Morgan fingerprint density at radius 1 is 1.56 bits per heavy atom. The second-order valence-electron chi connectivity index (χ2n) is 4.57. The fourth-order valence-corrected chi connectivity index (χ4v) is 6.18. The number of hydrogen-bond acceptors (Lipinski definition) is 5. The number of aryl methyl sites for hydroxylation is 1. The molecule has 0 amide bonds. The van der Waals surface area contributed by atoms with Gasteiger partial charge in [-0.3, -0.25) is 0 Å². The van der Waals surface area contributed by atoms with Crippen molar-refractivity contribution in [2.45, 2.75) is 35.6 Å². The lowest BCUT2D eigenvalue weighted by Gasteiger charge is -2.22. The Kier molecular flexibility index (Phi) is 4.28. The van der Waals surface area contributed by atoms with E-state index in [9.17, 15) is 8.42 Å². The van der Waals surface area contributed by atoms with Crippen LogP contribution < -0.4 is 4.72 Å². The maximum Gasteiger partial charge on any atom is 0.252 e. The second kappa shape index (κ2) is 5.28. The summed E-state index contributed by atoms with van der Waals surface area (Å²) in [6.07, 6.45) is 2.19. The van der Waals surface area contributed by atoms with Crippen molar-refractivity contribution in [1.82, 2.24) is 9.71 Å². The summed E-state index contributed by atoms with van der Waals surface area (Å²) >= 11 is 8.56. The molecule has 0 bridgehead atoms. The van der Waals surface area contributed by atoms with E-state index in [1.165, 1.54) is 0 Å². The number of thiazole rings is 1. The van der Waals surface area contributed by atoms with E-state index in [4.69, 9.17) is 11.6 Å². The Bertz CT molecular complexity index is 535. The Balaban J connectivity index is 2.10. The lowest BCUT2D eigenvalue weighted by molar-refractivity contribution is 0.553. The Morgan fingerprint density at radius 3 is 2.78 bits per heavy atom. The first-order valence-corrected chi connectivity index (χ1v) is 9.25. The molecule has 0 aliphatic carbocycles. The molecule has 102 valence electrons. The van der Waals surface area contributed by atoms with E-state index in [0.29, 0.717) is 12.2 Å². The van der Waals surface area contributed by atoms with E-state index in [1.54, 1.807) is 6.92 Å². The number of aromatic nitrogens is 1. The molecule has 18 heavy (non-hydrogen) atoms. The third kappa shape index (κ3) is 3.19. The minimum absolute atomic E-state index is 0.00938. The molecule has 1 saturated heterocycles. The van der Waals surface area contributed by atoms with Crippen molar-refractivity contribution in [1.29, 1.82) is 0 Å². The van der Waals surface area contributed by atoms with Crippen molar-refractivity contribution < 1.29 is 8.42 Å². The monoisotopic (exact) mass is 326 g/mol. The number of nitrogens with one attached hydrogen (secondary N) is 1. The SMILES string of the molecule is Cc1nc(Cl)sc1S(=O)(=O)NCC1(C)CCCS1. The molecule has 2 heterocycles. The molecule has 0 aromatic carbocycles. The van der Waals surface area contributed by atoms with Crippen LogP contribution in [0.25, 0.3) is 0 Å². The number of halogens is 1. The predicted molar refractivity (Wildman–Crippen MR) is 77.1 cm³/mol. The molecule has 1 unspecified atom stereocenters. The Morgan fingerprint density at radius 2 is 2.28 bits per heavy atom. The van der Waals surface area contributed by atoms with Gasteiger partial charge in [0.1, 0.15) is 0 Å². The fraction of sp³-hybridized carbons (Fsp3) is 0.700. The summed E-state index contributed by atoms with van der Waals surface area (Å²) in [6, 6.07) is 0. The van der Waals surface area contributed by atoms with Gasteiger partial charge >= 0.3 is 0 Å². The maximum absolute atomic E-state index is 12.2. The molecule has 4 nitrogen and oxygen atoms in total. The highest BCUT2D eigenvalue weighted by atomic mass is 35.5. The maximum atomic E-state index is 12.2. The number of hydrogen-bond donors (Lipinski definition) is 1. The Labute approximate surface area is 121 Å². The first kappa shape index (κ1) is 14.6. The third-order valence-corrected chi connectivity index (χ3v) is 7.72. The molecule has 1 fully saturated rings. The lowest BCUT2D eigenvalue weighted by atomic mass is 10.1. The standard InChI is InChI=1S/C10H15ClN2O2S3/c1-7-8(17-9(11)13-7)18(14,15)12-6-10(2)4-3-5-16-10/h12H,3-6H2,1-2H3. The molecule has 1 aliphatic rings. The van der Waals surface area contributed by atoms with E-state index < -0.39 is 10.0 Å². The third-order valence-electron chi connectivity index (χ3n) is 2.91. The lowest BCUT2D eigenvalue weighted by Crippen LogP contribution is -2.36. The minimum atomic E-state index is -3.49. The molecule has 1 aromatic heterocycles. The van der Waals surface area contributed by atoms with Gasteiger partial charge in [0.25, 0.3) is 10.0 Å². The number of nitrogens with zero attached hydrogens (tertiary/aromatic N) is 1. The summed E-state index contributed by atoms with van der Waals surface area (Å²) in [5.74, 6) is 1.10. The summed E-state index contributed by atoms with van der Waals surface area (Å²) in [5.41, 5.74) is 0.460. The number of rotatable bonds is 4. The molecule has 1 aromatic rings. The number of thioether (sulfide) groups is 1. The summed E-state index contributed by atoms with van der Waals surface area (Å²) in [5, 5.41) is 0. The fourth-order valence-electron chi connectivity index (χ4n) is 1.89. The van der Waals surface area contributed by atoms with E-state index in [2.05, 4.69) is 16.6 Å². The average Bonchev–Trinajstić information content (AvgIpc) is 2.84.